The van der Waals surface area contributed by atoms with E-state index < -0.39 is 17.6 Å². The van der Waals surface area contributed by atoms with Gasteiger partial charge in [-0.1, -0.05) is 18.6 Å². The van der Waals surface area contributed by atoms with Crippen LogP contribution in [0.5, 0.6) is 0 Å². The number of halogens is 3. The lowest BCUT2D eigenvalue weighted by molar-refractivity contribution is -0.00955. The Kier molecular flexibility index (Phi) is 8.56. The van der Waals surface area contributed by atoms with Crippen LogP contribution in [0.2, 0.25) is 0 Å². The summed E-state index contributed by atoms with van der Waals surface area (Å²) in [5.41, 5.74) is 0.0894. The van der Waals surface area contributed by atoms with Gasteiger partial charge >= 0.3 is 6.09 Å². The number of carbonyl (C=O) groups is 1. The van der Waals surface area contributed by atoms with Gasteiger partial charge in [-0.25, -0.2) is 18.0 Å². The van der Waals surface area contributed by atoms with Crippen LogP contribution in [0.4, 0.5) is 23.7 Å². The summed E-state index contributed by atoms with van der Waals surface area (Å²) >= 11 is 0. The number of hydrogen-bond acceptors (Lipinski definition) is 5. The summed E-state index contributed by atoms with van der Waals surface area (Å²) in [7, 11) is 0. The lowest BCUT2D eigenvalue weighted by atomic mass is 9.68. The highest BCUT2D eigenvalue weighted by atomic mass is 19.1. The van der Waals surface area contributed by atoms with E-state index >= 15 is 4.39 Å². The molecule has 4 aliphatic rings. The average Bonchev–Trinajstić information content (AvgIpc) is 3.38. The Hall–Kier alpha value is -3.29. The normalized spacial score (nSPS) is 25.8. The molecule has 2 aromatic carbocycles. The molecule has 6 rings (SSSR count). The molecule has 1 aliphatic carbocycles. The Bertz CT molecular complexity index is 1350. The van der Waals surface area contributed by atoms with Crippen molar-refractivity contribution in [2.24, 2.45) is 17.8 Å². The van der Waals surface area contributed by atoms with Gasteiger partial charge in [-0.3, -0.25) is 9.80 Å². The van der Waals surface area contributed by atoms with Crippen molar-refractivity contribution in [3.63, 3.8) is 0 Å². The number of nitrogens with one attached hydrogen (secondary N) is 1. The van der Waals surface area contributed by atoms with Crippen LogP contribution < -0.4 is 10.2 Å². The van der Waals surface area contributed by atoms with Crippen LogP contribution in [-0.2, 0) is 0 Å². The fourth-order valence-electron chi connectivity index (χ4n) is 8.25. The van der Waals surface area contributed by atoms with Gasteiger partial charge in [-0.05, 0) is 112 Å². The van der Waals surface area contributed by atoms with E-state index in [9.17, 15) is 18.7 Å². The van der Waals surface area contributed by atoms with E-state index in [0.717, 1.165) is 70.3 Å². The van der Waals surface area contributed by atoms with Gasteiger partial charge in [0.1, 0.15) is 11.6 Å². The molecule has 230 valence electrons. The van der Waals surface area contributed by atoms with Crippen molar-refractivity contribution < 1.29 is 23.1 Å². The SMILES string of the molecule is N#Cc1ccc(N2CC(F)(CN3CCC([C@@H]([C@H]4CCC[C@@H]4NC(=O)O)[C@@H](c4cccc(F)c4)N4CCC4)CC3)C2)c(F)c1. The topological polar surface area (TPSA) is 82.8 Å². The first-order chi connectivity index (χ1) is 20.7. The van der Waals surface area contributed by atoms with Crippen molar-refractivity contribution in [1.29, 1.82) is 5.26 Å². The van der Waals surface area contributed by atoms with Crippen molar-refractivity contribution in [2.75, 3.05) is 50.7 Å². The van der Waals surface area contributed by atoms with Crippen molar-refractivity contribution in [2.45, 2.75) is 56.3 Å². The number of likely N-dealkylation sites (tertiary alicyclic amines) is 2. The zero-order chi connectivity index (χ0) is 30.1. The number of rotatable bonds is 9. The number of alkyl halides is 1. The predicted octanol–water partition coefficient (Wildman–Crippen LogP) is 5.58. The van der Waals surface area contributed by atoms with Gasteiger partial charge in [0.25, 0.3) is 0 Å². The second-order valence-corrected chi connectivity index (χ2v) is 13.0. The van der Waals surface area contributed by atoms with Gasteiger partial charge in [-0.15, -0.1) is 0 Å². The predicted molar refractivity (Wildman–Crippen MR) is 157 cm³/mol. The molecule has 1 amide bonds. The van der Waals surface area contributed by atoms with Crippen LogP contribution in [-0.4, -0.2) is 78.5 Å². The molecule has 0 aromatic heterocycles. The molecule has 2 N–H and O–H groups in total. The highest BCUT2D eigenvalue weighted by Crippen LogP contribution is 2.49. The number of piperidine rings is 1. The van der Waals surface area contributed by atoms with E-state index in [1.807, 2.05) is 12.1 Å². The molecule has 10 heteroatoms. The molecule has 3 aliphatic heterocycles. The molecular weight excluding hydrogens is 555 g/mol. The molecule has 3 heterocycles. The number of anilines is 1. The van der Waals surface area contributed by atoms with Crippen LogP contribution in [0, 0.1) is 40.7 Å². The second kappa shape index (κ2) is 12.4. The van der Waals surface area contributed by atoms with Crippen molar-refractivity contribution in [3.05, 3.63) is 65.2 Å². The third-order valence-corrected chi connectivity index (χ3v) is 10.3. The Morgan fingerprint density at radius 2 is 1.81 bits per heavy atom. The maximum absolute atomic E-state index is 15.8. The largest absolute Gasteiger partial charge is 0.465 e. The van der Waals surface area contributed by atoms with Crippen LogP contribution in [0.1, 0.15) is 55.7 Å². The van der Waals surface area contributed by atoms with Crippen LogP contribution in [0.15, 0.2) is 42.5 Å². The number of carboxylic acid groups (broad SMARTS) is 1. The summed E-state index contributed by atoms with van der Waals surface area (Å²) < 4.78 is 44.7. The first-order valence-corrected chi connectivity index (χ1v) is 15.6. The van der Waals surface area contributed by atoms with Crippen molar-refractivity contribution in [3.8, 4) is 6.07 Å². The first kappa shape index (κ1) is 29.8. The van der Waals surface area contributed by atoms with Crippen LogP contribution >= 0.6 is 0 Å². The number of nitriles is 1. The smallest absolute Gasteiger partial charge is 0.404 e. The molecule has 0 radical (unpaired) electrons. The Morgan fingerprint density at radius 1 is 1.05 bits per heavy atom. The molecule has 0 bridgehead atoms. The average molecular weight is 596 g/mol. The maximum Gasteiger partial charge on any atom is 0.404 e. The van der Waals surface area contributed by atoms with Gasteiger partial charge in [0.15, 0.2) is 5.67 Å². The standard InChI is InChI=1S/C33H40F3N5O2/c34-25-5-1-4-24(17-25)31(40-12-3-13-40)30(26-6-2-7-28(26)38-32(42)43)23-10-14-39(15-11-23)19-33(36)20-41(21-33)29-9-8-22(18-37)16-27(29)35/h1,4-5,8-9,16-17,23,26,28,30-31,38H,2-3,6-7,10-15,19-21H2,(H,42,43)/t26-,28-,30-,31+/m0/s1. The fraction of sp³-hybridized carbons (Fsp3) is 0.576. The molecule has 3 saturated heterocycles. The van der Waals surface area contributed by atoms with E-state index in [1.54, 1.807) is 29.2 Å². The summed E-state index contributed by atoms with van der Waals surface area (Å²) in [4.78, 5) is 18.0. The number of amides is 1. The Balaban J connectivity index is 1.15. The molecule has 4 fully saturated rings. The van der Waals surface area contributed by atoms with E-state index in [0.29, 0.717) is 11.6 Å². The number of hydrogen-bond donors (Lipinski definition) is 2. The Morgan fingerprint density at radius 3 is 2.44 bits per heavy atom. The highest BCUT2D eigenvalue weighted by molar-refractivity contribution is 5.65. The highest BCUT2D eigenvalue weighted by Gasteiger charge is 2.49. The third kappa shape index (κ3) is 6.34. The van der Waals surface area contributed by atoms with Crippen molar-refractivity contribution >= 4 is 11.8 Å². The van der Waals surface area contributed by atoms with E-state index in [-0.39, 0.29) is 54.9 Å². The summed E-state index contributed by atoms with van der Waals surface area (Å²) in [6, 6.07) is 13.0. The second-order valence-electron chi connectivity index (χ2n) is 13.0. The lowest BCUT2D eigenvalue weighted by Crippen LogP contribution is -2.64. The summed E-state index contributed by atoms with van der Waals surface area (Å²) in [5, 5.41) is 21.4. The molecule has 43 heavy (non-hydrogen) atoms. The first-order valence-electron chi connectivity index (χ1n) is 15.6. The molecule has 2 aromatic rings. The quantitative estimate of drug-likeness (QED) is 0.394. The van der Waals surface area contributed by atoms with Crippen LogP contribution in [0.25, 0.3) is 0 Å². The summed E-state index contributed by atoms with van der Waals surface area (Å²) in [5.74, 6) is -0.164. The third-order valence-electron chi connectivity index (χ3n) is 10.3. The molecule has 1 saturated carbocycles. The zero-order valence-electron chi connectivity index (χ0n) is 24.4. The maximum atomic E-state index is 15.8. The van der Waals surface area contributed by atoms with Crippen LogP contribution in [0.3, 0.4) is 0 Å². The lowest BCUT2D eigenvalue weighted by Gasteiger charge is -2.51. The molecular formula is C33H40F3N5O2. The van der Waals surface area contributed by atoms with Crippen molar-refractivity contribution in [1.82, 2.24) is 15.1 Å². The van der Waals surface area contributed by atoms with E-state index in [2.05, 4.69) is 15.1 Å². The monoisotopic (exact) mass is 595 g/mol. The van der Waals surface area contributed by atoms with Gasteiger partial charge in [0.2, 0.25) is 0 Å². The minimum absolute atomic E-state index is 0.0113. The molecule has 0 spiro atoms. The summed E-state index contributed by atoms with van der Waals surface area (Å²) in [6.45, 7) is 3.86. The minimum Gasteiger partial charge on any atom is -0.465 e. The number of nitrogens with zero attached hydrogens (tertiary/aromatic N) is 4. The van der Waals surface area contributed by atoms with Gasteiger partial charge in [0, 0.05) is 18.6 Å². The molecule has 4 atom stereocenters. The Labute approximate surface area is 251 Å². The van der Waals surface area contributed by atoms with Gasteiger partial charge in [-0.2, -0.15) is 5.26 Å². The molecule has 7 nitrogen and oxygen atoms in total. The van der Waals surface area contributed by atoms with E-state index in [1.165, 1.54) is 12.1 Å². The van der Waals surface area contributed by atoms with E-state index in [4.69, 9.17) is 5.26 Å². The molecule has 0 unspecified atom stereocenters. The van der Waals surface area contributed by atoms with Gasteiger partial charge < -0.3 is 15.3 Å². The number of benzene rings is 2. The summed E-state index contributed by atoms with van der Waals surface area (Å²) in [6.07, 6.45) is 4.53. The zero-order valence-corrected chi connectivity index (χ0v) is 24.4. The minimum atomic E-state index is -1.43. The fourth-order valence-corrected chi connectivity index (χ4v) is 8.25. The van der Waals surface area contributed by atoms with Gasteiger partial charge in [0.05, 0.1) is 30.4 Å².